The van der Waals surface area contributed by atoms with Gasteiger partial charge in [0.15, 0.2) is 17.5 Å². The largest absolute Gasteiger partial charge is 0.456 e. The molecule has 0 saturated heterocycles. The Morgan fingerprint density at radius 2 is 0.739 bits per heavy atom. The summed E-state index contributed by atoms with van der Waals surface area (Å²) in [5.74, 6) is 1.77. The topological polar surface area (TPSA) is 69.9 Å². The molecule has 0 N–H and O–H groups in total. The van der Waals surface area contributed by atoms with Gasteiger partial charge in [-0.15, -0.1) is 0 Å². The average Bonchev–Trinajstić information content (AvgIpc) is 4.09. The van der Waals surface area contributed by atoms with Gasteiger partial charge in [0.25, 0.3) is 0 Å². The average molecular weight is 881 g/mol. The van der Waals surface area contributed by atoms with E-state index >= 15 is 0 Å². The Kier molecular flexibility index (Phi) is 7.97. The van der Waals surface area contributed by atoms with Gasteiger partial charge in [0, 0.05) is 54.4 Å². The highest BCUT2D eigenvalue weighted by atomic mass is 16.3. The number of benzene rings is 11. The molecular formula is C63H36N4O2. The number of para-hydroxylation sites is 3. The highest BCUT2D eigenvalue weighted by Gasteiger charge is 2.21. The second-order valence-corrected chi connectivity index (χ2v) is 17.9. The standard InChI is InChI=1S/C63H36N4O2/c1-2-13-37(14-3-1)61-64-62(66-63(65-61)41-26-30-48-46-18-7-10-23-56(46)69-59(48)36-41)40-25-29-44-42-15-4-5-16-43(42)49-20-12-22-55(60(49)52(44)35-40)67-53-21-9-6-17-45(53)50-33-38(27-31-54(50)67)39-28-32-58-51(34-39)47-19-8-11-24-57(47)68-58/h1-36H. The lowest BCUT2D eigenvalue weighted by Gasteiger charge is -2.17. The van der Waals surface area contributed by atoms with Crippen LogP contribution in [0.3, 0.4) is 0 Å². The molecule has 0 atom stereocenters. The monoisotopic (exact) mass is 880 g/mol. The first kappa shape index (κ1) is 37.8. The molecule has 0 bridgehead atoms. The first-order valence-corrected chi connectivity index (χ1v) is 23.2. The molecular weight excluding hydrogens is 845 g/mol. The molecule has 0 spiro atoms. The summed E-state index contributed by atoms with van der Waals surface area (Å²) < 4.78 is 15.0. The van der Waals surface area contributed by atoms with Crippen LogP contribution in [0.1, 0.15) is 0 Å². The molecule has 6 nitrogen and oxygen atoms in total. The van der Waals surface area contributed by atoms with Crippen LogP contribution in [-0.4, -0.2) is 19.5 Å². The second-order valence-electron chi connectivity index (χ2n) is 17.9. The first-order chi connectivity index (χ1) is 34.2. The molecule has 0 amide bonds. The number of hydrogen-bond acceptors (Lipinski definition) is 5. The van der Waals surface area contributed by atoms with Crippen molar-refractivity contribution in [2.45, 2.75) is 0 Å². The van der Waals surface area contributed by atoms with Gasteiger partial charge in [-0.1, -0.05) is 152 Å². The van der Waals surface area contributed by atoms with Crippen LogP contribution in [-0.2, 0) is 0 Å². The molecule has 69 heavy (non-hydrogen) atoms. The summed E-state index contributed by atoms with van der Waals surface area (Å²) >= 11 is 0. The molecule has 0 fully saturated rings. The summed E-state index contributed by atoms with van der Waals surface area (Å²) in [4.78, 5) is 15.6. The predicted molar refractivity (Wildman–Crippen MR) is 283 cm³/mol. The van der Waals surface area contributed by atoms with Gasteiger partial charge in [-0.25, -0.2) is 15.0 Å². The highest BCUT2D eigenvalue weighted by molar-refractivity contribution is 6.28. The predicted octanol–water partition coefficient (Wildman–Crippen LogP) is 16.9. The van der Waals surface area contributed by atoms with Crippen molar-refractivity contribution in [1.29, 1.82) is 0 Å². The van der Waals surface area contributed by atoms with Crippen LogP contribution in [0, 0.1) is 0 Å². The molecule has 0 radical (unpaired) electrons. The minimum atomic E-state index is 0.577. The van der Waals surface area contributed by atoms with Crippen molar-refractivity contribution >= 4 is 98.0 Å². The van der Waals surface area contributed by atoms with E-state index < -0.39 is 0 Å². The Labute approximate surface area is 394 Å². The summed E-state index contributed by atoms with van der Waals surface area (Å²) in [5, 5.41) is 13.8. The Morgan fingerprint density at radius 1 is 0.261 bits per heavy atom. The summed E-state index contributed by atoms with van der Waals surface area (Å²) in [5.41, 5.74) is 11.8. The van der Waals surface area contributed by atoms with E-state index in [1.165, 1.54) is 26.9 Å². The zero-order chi connectivity index (χ0) is 45.2. The maximum atomic E-state index is 6.34. The minimum Gasteiger partial charge on any atom is -0.456 e. The lowest BCUT2D eigenvalue weighted by atomic mass is 9.92. The number of fused-ring (bicyclic) bond motifs is 15. The number of nitrogens with zero attached hydrogens (tertiary/aromatic N) is 4. The van der Waals surface area contributed by atoms with Crippen LogP contribution in [0.15, 0.2) is 227 Å². The fourth-order valence-electron chi connectivity index (χ4n) is 10.8. The van der Waals surface area contributed by atoms with Gasteiger partial charge in [0.2, 0.25) is 0 Å². The van der Waals surface area contributed by atoms with E-state index in [1.807, 2.05) is 66.7 Å². The number of rotatable bonds is 5. The van der Waals surface area contributed by atoms with Gasteiger partial charge in [-0.3, -0.25) is 0 Å². The van der Waals surface area contributed by atoms with Crippen molar-refractivity contribution in [2.75, 3.05) is 0 Å². The lowest BCUT2D eigenvalue weighted by Crippen LogP contribution is -2.00. The van der Waals surface area contributed by atoms with Crippen molar-refractivity contribution in [2.24, 2.45) is 0 Å². The summed E-state index contributed by atoms with van der Waals surface area (Å²) in [6.45, 7) is 0. The SMILES string of the molecule is c1ccc(-c2nc(-c3ccc4c(c3)oc3ccccc34)nc(-c3ccc4c5ccccc5c5cccc(-n6c7ccccc7c7cc(-c8ccc9oc%10ccccc%10c9c8)ccc76)c5c4c3)n2)cc1. The fourth-order valence-corrected chi connectivity index (χ4v) is 10.8. The molecule has 6 heteroatoms. The van der Waals surface area contributed by atoms with E-state index in [-0.39, 0.29) is 0 Å². The van der Waals surface area contributed by atoms with Crippen LogP contribution >= 0.6 is 0 Å². The third-order valence-electron chi connectivity index (χ3n) is 14.0. The number of furan rings is 2. The second kappa shape index (κ2) is 14.6. The third-order valence-corrected chi connectivity index (χ3v) is 14.0. The van der Waals surface area contributed by atoms with Crippen molar-refractivity contribution in [1.82, 2.24) is 19.5 Å². The van der Waals surface area contributed by atoms with Gasteiger partial charge in [-0.2, -0.15) is 0 Å². The van der Waals surface area contributed by atoms with Crippen LogP contribution in [0.25, 0.3) is 149 Å². The van der Waals surface area contributed by atoms with Crippen LogP contribution in [0.4, 0.5) is 0 Å². The zero-order valence-corrected chi connectivity index (χ0v) is 36.9. The smallest absolute Gasteiger partial charge is 0.164 e. The first-order valence-electron chi connectivity index (χ1n) is 23.2. The lowest BCUT2D eigenvalue weighted by molar-refractivity contribution is 0.668. The quantitative estimate of drug-likeness (QED) is 0.161. The molecule has 320 valence electrons. The van der Waals surface area contributed by atoms with E-state index in [0.29, 0.717) is 17.5 Å². The van der Waals surface area contributed by atoms with Gasteiger partial charge < -0.3 is 13.4 Å². The Hall–Kier alpha value is -9.39. The molecule has 4 aromatic heterocycles. The third kappa shape index (κ3) is 5.76. The molecule has 0 unspecified atom stereocenters. The van der Waals surface area contributed by atoms with Crippen molar-refractivity contribution in [3.63, 3.8) is 0 Å². The maximum absolute atomic E-state index is 6.34. The van der Waals surface area contributed by atoms with E-state index in [0.717, 1.165) is 105 Å². The summed E-state index contributed by atoms with van der Waals surface area (Å²) in [7, 11) is 0. The van der Waals surface area contributed by atoms with Crippen molar-refractivity contribution in [3.05, 3.63) is 218 Å². The molecule has 15 rings (SSSR count). The molecule has 0 aliphatic heterocycles. The van der Waals surface area contributed by atoms with E-state index in [9.17, 15) is 0 Å². The van der Waals surface area contributed by atoms with Gasteiger partial charge in [0.05, 0.1) is 16.7 Å². The van der Waals surface area contributed by atoms with Gasteiger partial charge >= 0.3 is 0 Å². The molecule has 0 saturated carbocycles. The number of aromatic nitrogens is 4. The zero-order valence-electron chi connectivity index (χ0n) is 36.9. The molecule has 0 aliphatic rings. The van der Waals surface area contributed by atoms with E-state index in [1.54, 1.807) is 0 Å². The van der Waals surface area contributed by atoms with Crippen molar-refractivity contribution < 1.29 is 8.83 Å². The maximum Gasteiger partial charge on any atom is 0.164 e. The minimum absolute atomic E-state index is 0.577. The molecule has 0 aliphatic carbocycles. The molecule has 15 aromatic rings. The van der Waals surface area contributed by atoms with Gasteiger partial charge in [0.1, 0.15) is 22.3 Å². The van der Waals surface area contributed by atoms with Crippen LogP contribution in [0.5, 0.6) is 0 Å². The molecule has 4 heterocycles. The Morgan fingerprint density at radius 3 is 1.51 bits per heavy atom. The van der Waals surface area contributed by atoms with E-state index in [2.05, 4.69) is 156 Å². The van der Waals surface area contributed by atoms with Gasteiger partial charge in [-0.05, 0) is 105 Å². The van der Waals surface area contributed by atoms with E-state index in [4.69, 9.17) is 23.8 Å². The highest BCUT2D eigenvalue weighted by Crippen LogP contribution is 2.44. The number of hydrogen-bond donors (Lipinski definition) is 0. The summed E-state index contributed by atoms with van der Waals surface area (Å²) in [6.07, 6.45) is 0. The van der Waals surface area contributed by atoms with Crippen LogP contribution in [0.2, 0.25) is 0 Å². The normalized spacial score (nSPS) is 12.1. The molecule has 11 aromatic carbocycles. The Bertz CT molecular complexity index is 4620. The van der Waals surface area contributed by atoms with Crippen LogP contribution < -0.4 is 0 Å². The summed E-state index contributed by atoms with van der Waals surface area (Å²) in [6, 6.07) is 77.1. The fraction of sp³-hybridized carbons (Fsp3) is 0. The van der Waals surface area contributed by atoms with Crippen molar-refractivity contribution in [3.8, 4) is 51.0 Å². The Balaban J connectivity index is 0.954.